The minimum absolute atomic E-state index is 0.324. The van der Waals surface area contributed by atoms with Crippen molar-refractivity contribution in [1.82, 2.24) is 4.90 Å². The maximum atomic E-state index is 5.79. The van der Waals surface area contributed by atoms with E-state index in [9.17, 15) is 0 Å². The normalized spacial score (nSPS) is 18.0. The zero-order chi connectivity index (χ0) is 15.2. The van der Waals surface area contributed by atoms with Gasteiger partial charge in [0.15, 0.2) is 0 Å². The molecule has 0 saturated carbocycles. The van der Waals surface area contributed by atoms with Crippen molar-refractivity contribution < 1.29 is 13.9 Å². The van der Waals surface area contributed by atoms with Crippen LogP contribution < -0.4 is 4.74 Å². The molecule has 1 aromatic heterocycles. The highest BCUT2D eigenvalue weighted by atomic mass is 16.5. The van der Waals surface area contributed by atoms with Crippen LogP contribution in [-0.2, 0) is 17.8 Å². The van der Waals surface area contributed by atoms with E-state index in [0.717, 1.165) is 50.6 Å². The van der Waals surface area contributed by atoms with Crippen LogP contribution in [0.4, 0.5) is 0 Å². The second-order valence-corrected chi connectivity index (χ2v) is 5.70. The van der Waals surface area contributed by atoms with E-state index in [0.29, 0.717) is 6.10 Å². The predicted molar refractivity (Wildman–Crippen MR) is 84.8 cm³/mol. The molecular formula is C18H23NO3. The lowest BCUT2D eigenvalue weighted by Crippen LogP contribution is -2.31. The Bertz CT molecular complexity index is 561. The summed E-state index contributed by atoms with van der Waals surface area (Å²) in [5.41, 5.74) is 1.19. The van der Waals surface area contributed by atoms with Crippen molar-refractivity contribution in [2.45, 2.75) is 32.0 Å². The van der Waals surface area contributed by atoms with Crippen molar-refractivity contribution in [2.75, 3.05) is 20.3 Å². The third-order valence-corrected chi connectivity index (χ3v) is 4.03. The first kappa shape index (κ1) is 15.1. The molecule has 22 heavy (non-hydrogen) atoms. The molecule has 1 aliphatic heterocycles. The first-order valence-corrected chi connectivity index (χ1v) is 7.83. The quantitative estimate of drug-likeness (QED) is 0.784. The van der Waals surface area contributed by atoms with Crippen LogP contribution >= 0.6 is 0 Å². The van der Waals surface area contributed by atoms with Crippen LogP contribution in [-0.4, -0.2) is 31.3 Å². The average molecular weight is 301 g/mol. The van der Waals surface area contributed by atoms with E-state index < -0.39 is 0 Å². The SMILES string of the molecule is COc1ccccc1CN(Cc1ccco1)CC1CCCO1. The fourth-order valence-electron chi connectivity index (χ4n) is 2.96. The van der Waals surface area contributed by atoms with Crippen LogP contribution in [0.1, 0.15) is 24.2 Å². The van der Waals surface area contributed by atoms with E-state index in [2.05, 4.69) is 17.0 Å². The van der Waals surface area contributed by atoms with Gasteiger partial charge in [-0.05, 0) is 31.0 Å². The fourth-order valence-corrected chi connectivity index (χ4v) is 2.96. The van der Waals surface area contributed by atoms with E-state index in [4.69, 9.17) is 13.9 Å². The molecule has 1 saturated heterocycles. The van der Waals surface area contributed by atoms with Gasteiger partial charge < -0.3 is 13.9 Å². The maximum Gasteiger partial charge on any atom is 0.123 e. The van der Waals surface area contributed by atoms with Gasteiger partial charge >= 0.3 is 0 Å². The summed E-state index contributed by atoms with van der Waals surface area (Å²) in [6.07, 6.45) is 4.35. The molecule has 2 aromatic rings. The molecule has 1 aliphatic rings. The monoisotopic (exact) mass is 301 g/mol. The number of furan rings is 1. The lowest BCUT2D eigenvalue weighted by atomic mass is 10.1. The van der Waals surface area contributed by atoms with Gasteiger partial charge in [-0.3, -0.25) is 4.90 Å². The van der Waals surface area contributed by atoms with E-state index >= 15 is 0 Å². The van der Waals surface area contributed by atoms with Gasteiger partial charge in [-0.1, -0.05) is 18.2 Å². The zero-order valence-electron chi connectivity index (χ0n) is 13.0. The van der Waals surface area contributed by atoms with Crippen LogP contribution in [0.2, 0.25) is 0 Å². The number of benzene rings is 1. The van der Waals surface area contributed by atoms with Crippen molar-refractivity contribution in [3.8, 4) is 5.75 Å². The summed E-state index contributed by atoms with van der Waals surface area (Å²) in [7, 11) is 1.72. The molecule has 0 aliphatic carbocycles. The van der Waals surface area contributed by atoms with Crippen molar-refractivity contribution in [3.05, 3.63) is 54.0 Å². The van der Waals surface area contributed by atoms with Crippen molar-refractivity contribution in [1.29, 1.82) is 0 Å². The Balaban J connectivity index is 1.71. The van der Waals surface area contributed by atoms with E-state index in [1.807, 2.05) is 24.3 Å². The van der Waals surface area contributed by atoms with E-state index in [1.165, 1.54) is 5.56 Å². The smallest absolute Gasteiger partial charge is 0.123 e. The number of hydrogen-bond acceptors (Lipinski definition) is 4. The van der Waals surface area contributed by atoms with Crippen LogP contribution in [0.15, 0.2) is 47.1 Å². The minimum atomic E-state index is 0.324. The summed E-state index contributed by atoms with van der Waals surface area (Å²) in [5, 5.41) is 0. The van der Waals surface area contributed by atoms with E-state index in [1.54, 1.807) is 13.4 Å². The molecule has 4 nitrogen and oxygen atoms in total. The highest BCUT2D eigenvalue weighted by molar-refractivity contribution is 5.33. The highest BCUT2D eigenvalue weighted by Gasteiger charge is 2.21. The van der Waals surface area contributed by atoms with Crippen molar-refractivity contribution in [2.24, 2.45) is 0 Å². The predicted octanol–water partition coefficient (Wildman–Crippen LogP) is 3.47. The third kappa shape index (κ3) is 3.90. The molecule has 0 bridgehead atoms. The Labute approximate surface area is 131 Å². The Morgan fingerprint density at radius 3 is 2.82 bits per heavy atom. The first-order chi connectivity index (χ1) is 10.8. The number of para-hydroxylation sites is 1. The maximum absolute atomic E-state index is 5.79. The first-order valence-electron chi connectivity index (χ1n) is 7.83. The lowest BCUT2D eigenvalue weighted by molar-refractivity contribution is 0.0652. The van der Waals surface area contributed by atoms with Gasteiger partial charge in [0.25, 0.3) is 0 Å². The van der Waals surface area contributed by atoms with Crippen LogP contribution in [0.5, 0.6) is 5.75 Å². The van der Waals surface area contributed by atoms with E-state index in [-0.39, 0.29) is 0 Å². The largest absolute Gasteiger partial charge is 0.496 e. The second-order valence-electron chi connectivity index (χ2n) is 5.70. The molecule has 0 spiro atoms. The average Bonchev–Trinajstić information content (AvgIpc) is 3.21. The molecule has 0 radical (unpaired) electrons. The van der Waals surface area contributed by atoms with Crippen LogP contribution in [0.25, 0.3) is 0 Å². The van der Waals surface area contributed by atoms with Crippen LogP contribution in [0.3, 0.4) is 0 Å². The Kier molecular flexibility index (Phi) is 5.14. The molecule has 4 heteroatoms. The highest BCUT2D eigenvalue weighted by Crippen LogP contribution is 2.22. The number of methoxy groups -OCH3 is 1. The molecule has 118 valence electrons. The van der Waals surface area contributed by atoms with Crippen molar-refractivity contribution >= 4 is 0 Å². The van der Waals surface area contributed by atoms with Gasteiger partial charge in [0.05, 0.1) is 26.0 Å². The van der Waals surface area contributed by atoms with Gasteiger partial charge in [-0.2, -0.15) is 0 Å². The van der Waals surface area contributed by atoms with Gasteiger partial charge in [0.2, 0.25) is 0 Å². The number of ether oxygens (including phenoxy) is 2. The zero-order valence-corrected chi connectivity index (χ0v) is 13.0. The summed E-state index contributed by atoms with van der Waals surface area (Å²) >= 11 is 0. The standard InChI is InChI=1S/C18H23NO3/c1-20-18-9-3-2-6-15(18)12-19(13-16-7-4-10-21-16)14-17-8-5-11-22-17/h2-4,6-7,9-10,17H,5,8,11-14H2,1H3. The Morgan fingerprint density at radius 1 is 1.18 bits per heavy atom. The fraction of sp³-hybridized carbons (Fsp3) is 0.444. The summed E-state index contributed by atoms with van der Waals surface area (Å²) < 4.78 is 16.8. The molecule has 0 N–H and O–H groups in total. The molecule has 2 heterocycles. The topological polar surface area (TPSA) is 34.8 Å². The molecule has 1 fully saturated rings. The second kappa shape index (κ2) is 7.47. The number of hydrogen-bond donors (Lipinski definition) is 0. The summed E-state index contributed by atoms with van der Waals surface area (Å²) in [6.45, 7) is 3.40. The lowest BCUT2D eigenvalue weighted by Gasteiger charge is -2.25. The van der Waals surface area contributed by atoms with Gasteiger partial charge in [0.1, 0.15) is 11.5 Å². The van der Waals surface area contributed by atoms with Crippen molar-refractivity contribution in [3.63, 3.8) is 0 Å². The summed E-state index contributed by atoms with van der Waals surface area (Å²) in [6, 6.07) is 12.1. The molecule has 0 amide bonds. The van der Waals surface area contributed by atoms with Crippen LogP contribution in [0, 0.1) is 0 Å². The Morgan fingerprint density at radius 2 is 2.09 bits per heavy atom. The number of rotatable bonds is 7. The van der Waals surface area contributed by atoms with Gasteiger partial charge in [-0.15, -0.1) is 0 Å². The molecular weight excluding hydrogens is 278 g/mol. The molecule has 1 unspecified atom stereocenters. The van der Waals surface area contributed by atoms with Gasteiger partial charge in [-0.25, -0.2) is 0 Å². The molecule has 3 rings (SSSR count). The van der Waals surface area contributed by atoms with Gasteiger partial charge in [0, 0.05) is 25.3 Å². The minimum Gasteiger partial charge on any atom is -0.496 e. The summed E-state index contributed by atoms with van der Waals surface area (Å²) in [4.78, 5) is 2.37. The Hall–Kier alpha value is -1.78. The molecule has 1 aromatic carbocycles. The number of nitrogens with zero attached hydrogens (tertiary/aromatic N) is 1. The molecule has 1 atom stereocenters. The summed E-state index contributed by atoms with van der Waals surface area (Å²) in [5.74, 6) is 1.91. The third-order valence-electron chi connectivity index (χ3n) is 4.03.